The number of aryl methyl sites for hydroxylation is 1. The van der Waals surface area contributed by atoms with Crippen molar-refractivity contribution in [3.8, 4) is 0 Å². The second kappa shape index (κ2) is 9.51. The topological polar surface area (TPSA) is 78.7 Å². The van der Waals surface area contributed by atoms with Crippen LogP contribution in [0.3, 0.4) is 0 Å². The van der Waals surface area contributed by atoms with Gasteiger partial charge in [0.25, 0.3) is 0 Å². The van der Waals surface area contributed by atoms with E-state index in [1.54, 1.807) is 4.68 Å². The number of piperidine rings is 1. The quantitative estimate of drug-likeness (QED) is 0.794. The Kier molecular flexibility index (Phi) is 6.99. The number of anilines is 1. The van der Waals surface area contributed by atoms with Crippen molar-refractivity contribution in [1.29, 1.82) is 0 Å². The summed E-state index contributed by atoms with van der Waals surface area (Å²) in [5.41, 5.74) is 2.33. The Morgan fingerprint density at radius 2 is 1.87 bits per heavy atom. The molecule has 0 aliphatic carbocycles. The summed E-state index contributed by atoms with van der Waals surface area (Å²) in [6, 6.07) is 11.4. The molecule has 168 valence electrons. The molecule has 2 aliphatic heterocycles. The normalized spacial score (nSPS) is 21.4. The largest absolute Gasteiger partial charge is 0.490 e. The molecule has 10 heteroatoms. The minimum absolute atomic E-state index is 0.245. The number of aliphatic carboxylic acids is 1. The Balaban J connectivity index is 0.000000339. The van der Waals surface area contributed by atoms with E-state index in [4.69, 9.17) is 9.90 Å². The van der Waals surface area contributed by atoms with Gasteiger partial charge in [0.05, 0.1) is 17.9 Å². The number of carboxylic acid groups (broad SMARTS) is 1. The van der Waals surface area contributed by atoms with E-state index in [1.807, 2.05) is 24.3 Å². The van der Waals surface area contributed by atoms with Gasteiger partial charge in [-0.05, 0) is 24.8 Å². The maximum Gasteiger partial charge on any atom is 0.490 e. The number of carbonyl (C=O) groups excluding carboxylic acids is 1. The summed E-state index contributed by atoms with van der Waals surface area (Å²) < 4.78 is 33.5. The van der Waals surface area contributed by atoms with Gasteiger partial charge < -0.3 is 10.0 Å². The standard InChI is InChI=1S/C19H24N4O.C2HF3O2/c1-21-14-16(13-20-21)23-18-10-12-22(17(18)7-8-19(23)24)11-9-15-5-3-2-4-6-15;3-2(4,5)1(6)7/h2-6,13-14,17-18H,7-12H2,1H3;(H,6,7)/t17-,18-;/m1./s1. The van der Waals surface area contributed by atoms with Crippen LogP contribution in [-0.4, -0.2) is 63.0 Å². The number of carbonyl (C=O) groups is 2. The number of likely N-dealkylation sites (tertiary alicyclic amines) is 1. The second-order valence-electron chi connectivity index (χ2n) is 7.67. The number of nitrogens with zero attached hydrogens (tertiary/aromatic N) is 4. The lowest BCUT2D eigenvalue weighted by Crippen LogP contribution is -2.52. The number of amides is 1. The number of hydrogen-bond donors (Lipinski definition) is 1. The molecular formula is C21H25F3N4O3. The van der Waals surface area contributed by atoms with Crippen LogP contribution in [0.5, 0.6) is 0 Å². The number of hydrogen-bond acceptors (Lipinski definition) is 4. The predicted molar refractivity (Wildman–Crippen MR) is 108 cm³/mol. The highest BCUT2D eigenvalue weighted by Gasteiger charge is 2.43. The summed E-state index contributed by atoms with van der Waals surface area (Å²) in [6.45, 7) is 2.15. The first-order chi connectivity index (χ1) is 14.7. The van der Waals surface area contributed by atoms with E-state index in [0.717, 1.165) is 38.0 Å². The Bertz CT molecular complexity index is 901. The van der Waals surface area contributed by atoms with Gasteiger partial charge in [0.15, 0.2) is 0 Å². The third-order valence-electron chi connectivity index (χ3n) is 5.62. The summed E-state index contributed by atoms with van der Waals surface area (Å²) in [4.78, 5) is 26.0. The number of carboxylic acids is 1. The second-order valence-corrected chi connectivity index (χ2v) is 7.67. The number of rotatable bonds is 4. The molecule has 2 aliphatic rings. The Hall–Kier alpha value is -2.88. The highest BCUT2D eigenvalue weighted by molar-refractivity contribution is 5.94. The Labute approximate surface area is 178 Å². The molecule has 1 aromatic heterocycles. The van der Waals surface area contributed by atoms with Crippen molar-refractivity contribution in [3.05, 3.63) is 48.3 Å². The molecule has 2 atom stereocenters. The number of alkyl halides is 3. The van der Waals surface area contributed by atoms with Crippen molar-refractivity contribution < 1.29 is 27.9 Å². The van der Waals surface area contributed by atoms with Crippen molar-refractivity contribution in [1.82, 2.24) is 14.7 Å². The van der Waals surface area contributed by atoms with E-state index in [1.165, 1.54) is 5.56 Å². The van der Waals surface area contributed by atoms with Gasteiger partial charge in [-0.2, -0.15) is 18.3 Å². The van der Waals surface area contributed by atoms with E-state index >= 15 is 0 Å². The molecule has 0 saturated carbocycles. The maximum atomic E-state index is 12.5. The molecule has 4 rings (SSSR count). The molecule has 0 bridgehead atoms. The van der Waals surface area contributed by atoms with Crippen LogP contribution in [0.2, 0.25) is 0 Å². The first-order valence-electron chi connectivity index (χ1n) is 10.1. The minimum atomic E-state index is -5.08. The number of benzene rings is 1. The zero-order chi connectivity index (χ0) is 22.6. The highest BCUT2D eigenvalue weighted by Crippen LogP contribution is 2.34. The third-order valence-corrected chi connectivity index (χ3v) is 5.62. The van der Waals surface area contributed by atoms with E-state index in [2.05, 4.69) is 40.3 Å². The lowest BCUT2D eigenvalue weighted by Gasteiger charge is -2.39. The van der Waals surface area contributed by atoms with Crippen LogP contribution < -0.4 is 4.90 Å². The molecule has 1 aromatic carbocycles. The van der Waals surface area contributed by atoms with Crippen LogP contribution in [-0.2, 0) is 23.1 Å². The average Bonchev–Trinajstić information content (AvgIpc) is 3.33. The molecule has 0 spiro atoms. The number of fused-ring (bicyclic) bond motifs is 1. The Morgan fingerprint density at radius 1 is 1.19 bits per heavy atom. The number of halogens is 3. The van der Waals surface area contributed by atoms with Crippen molar-refractivity contribution in [3.63, 3.8) is 0 Å². The van der Waals surface area contributed by atoms with Crippen molar-refractivity contribution >= 4 is 17.6 Å². The summed E-state index contributed by atoms with van der Waals surface area (Å²) >= 11 is 0. The van der Waals surface area contributed by atoms with E-state index < -0.39 is 12.1 Å². The molecule has 0 unspecified atom stereocenters. The SMILES string of the molecule is Cn1cc(N2C(=O)CC[C@@H]3[C@H]2CCN3CCc2ccccc2)cn1.O=C(O)C(F)(F)F. The third kappa shape index (κ3) is 5.63. The van der Waals surface area contributed by atoms with Gasteiger partial charge in [-0.25, -0.2) is 4.79 Å². The molecule has 7 nitrogen and oxygen atoms in total. The lowest BCUT2D eigenvalue weighted by molar-refractivity contribution is -0.192. The van der Waals surface area contributed by atoms with E-state index in [9.17, 15) is 18.0 Å². The molecule has 2 fully saturated rings. The molecule has 1 N–H and O–H groups in total. The fraction of sp³-hybridized carbons (Fsp3) is 0.476. The van der Waals surface area contributed by atoms with Gasteiger partial charge in [0.1, 0.15) is 0 Å². The zero-order valence-electron chi connectivity index (χ0n) is 17.1. The van der Waals surface area contributed by atoms with Crippen molar-refractivity contribution in [2.75, 3.05) is 18.0 Å². The van der Waals surface area contributed by atoms with Gasteiger partial charge in [0.2, 0.25) is 5.91 Å². The predicted octanol–water partition coefficient (Wildman–Crippen LogP) is 2.87. The van der Waals surface area contributed by atoms with Crippen LogP contribution in [0, 0.1) is 0 Å². The summed E-state index contributed by atoms with van der Waals surface area (Å²) in [5.74, 6) is -2.51. The van der Waals surface area contributed by atoms with Gasteiger partial charge in [-0.1, -0.05) is 30.3 Å². The van der Waals surface area contributed by atoms with Crippen LogP contribution in [0.15, 0.2) is 42.7 Å². The first-order valence-corrected chi connectivity index (χ1v) is 10.1. The smallest absolute Gasteiger partial charge is 0.475 e. The molecule has 2 aromatic rings. The molecular weight excluding hydrogens is 413 g/mol. The first kappa shape index (κ1) is 22.8. The molecule has 3 heterocycles. The van der Waals surface area contributed by atoms with Crippen LogP contribution in [0.25, 0.3) is 0 Å². The van der Waals surface area contributed by atoms with E-state index in [-0.39, 0.29) is 5.91 Å². The van der Waals surface area contributed by atoms with Gasteiger partial charge in [-0.15, -0.1) is 0 Å². The monoisotopic (exact) mass is 438 g/mol. The van der Waals surface area contributed by atoms with Crippen LogP contribution in [0.1, 0.15) is 24.8 Å². The summed E-state index contributed by atoms with van der Waals surface area (Å²) in [7, 11) is 1.90. The maximum absolute atomic E-state index is 12.5. The van der Waals surface area contributed by atoms with E-state index in [0.29, 0.717) is 18.5 Å². The van der Waals surface area contributed by atoms with Crippen LogP contribution >= 0.6 is 0 Å². The summed E-state index contributed by atoms with van der Waals surface area (Å²) in [5, 5.41) is 11.4. The zero-order valence-corrected chi connectivity index (χ0v) is 17.1. The Morgan fingerprint density at radius 3 is 2.45 bits per heavy atom. The number of aromatic nitrogens is 2. The highest BCUT2D eigenvalue weighted by atomic mass is 19.4. The van der Waals surface area contributed by atoms with Crippen molar-refractivity contribution in [2.24, 2.45) is 7.05 Å². The fourth-order valence-corrected chi connectivity index (χ4v) is 4.22. The van der Waals surface area contributed by atoms with Gasteiger partial charge >= 0.3 is 12.1 Å². The van der Waals surface area contributed by atoms with Crippen molar-refractivity contribution in [2.45, 2.75) is 43.9 Å². The minimum Gasteiger partial charge on any atom is -0.475 e. The lowest BCUT2D eigenvalue weighted by atomic mass is 9.95. The summed E-state index contributed by atoms with van der Waals surface area (Å²) in [6.07, 6.45) is 2.43. The molecule has 2 saturated heterocycles. The average molecular weight is 438 g/mol. The molecule has 31 heavy (non-hydrogen) atoms. The van der Waals surface area contributed by atoms with Gasteiger partial charge in [0, 0.05) is 38.8 Å². The van der Waals surface area contributed by atoms with Crippen LogP contribution in [0.4, 0.5) is 18.9 Å². The molecule has 1 amide bonds. The van der Waals surface area contributed by atoms with Gasteiger partial charge in [-0.3, -0.25) is 14.4 Å². The fourth-order valence-electron chi connectivity index (χ4n) is 4.22. The molecule has 0 radical (unpaired) electrons.